The summed E-state index contributed by atoms with van der Waals surface area (Å²) in [6, 6.07) is 9.49. The first-order chi connectivity index (χ1) is 19.9. The topological polar surface area (TPSA) is 108 Å². The summed E-state index contributed by atoms with van der Waals surface area (Å²) in [5.74, 6) is -0.713. The standard InChI is InChI=1S/C29H31F2N7O2S/c1-38-10-6-17(7-11-38)18-2-4-21(23(14-18)33-20-8-12-40-13-9-20)29(39)35-28-26-27(36-37-28)32-16-25(34-26)41-24-15-19(30)3-5-22(24)31/h2-5,14-17,20,33H,6-13H2,1H3,(H2,32,35,36,37,39). The molecule has 6 rings (SSSR count). The van der Waals surface area contributed by atoms with Gasteiger partial charge in [-0.25, -0.2) is 18.7 Å². The molecule has 2 aliphatic heterocycles. The number of ether oxygens (including phenoxy) is 1. The highest BCUT2D eigenvalue weighted by Gasteiger charge is 2.23. The number of anilines is 2. The highest BCUT2D eigenvalue weighted by Crippen LogP contribution is 2.33. The van der Waals surface area contributed by atoms with Crippen LogP contribution < -0.4 is 10.6 Å². The number of carbonyl (C=O) groups excluding carboxylic acids is 1. The quantitative estimate of drug-likeness (QED) is 0.266. The molecule has 214 valence electrons. The van der Waals surface area contributed by atoms with Crippen molar-refractivity contribution in [2.24, 2.45) is 0 Å². The van der Waals surface area contributed by atoms with Crippen molar-refractivity contribution in [3.8, 4) is 0 Å². The molecule has 0 radical (unpaired) electrons. The molecule has 2 saturated heterocycles. The minimum absolute atomic E-state index is 0.0845. The van der Waals surface area contributed by atoms with Gasteiger partial charge in [0.15, 0.2) is 11.3 Å². The van der Waals surface area contributed by atoms with Crippen LogP contribution in [0, 0.1) is 11.6 Å². The predicted octanol–water partition coefficient (Wildman–Crippen LogP) is 5.43. The van der Waals surface area contributed by atoms with Crippen LogP contribution in [0.1, 0.15) is 47.5 Å². The molecule has 4 heterocycles. The van der Waals surface area contributed by atoms with E-state index in [1.54, 1.807) is 0 Å². The van der Waals surface area contributed by atoms with Crippen LogP contribution in [0.2, 0.25) is 0 Å². The molecule has 0 spiro atoms. The average Bonchev–Trinajstić information content (AvgIpc) is 3.37. The number of nitrogens with one attached hydrogen (secondary N) is 3. The highest BCUT2D eigenvalue weighted by molar-refractivity contribution is 7.99. The summed E-state index contributed by atoms with van der Waals surface area (Å²) in [7, 11) is 2.15. The van der Waals surface area contributed by atoms with E-state index >= 15 is 0 Å². The Labute approximate surface area is 240 Å². The summed E-state index contributed by atoms with van der Waals surface area (Å²) in [5.41, 5.74) is 3.15. The Morgan fingerprint density at radius 2 is 1.90 bits per heavy atom. The lowest BCUT2D eigenvalue weighted by Gasteiger charge is -2.30. The van der Waals surface area contributed by atoms with Gasteiger partial charge < -0.3 is 20.3 Å². The number of piperidine rings is 1. The van der Waals surface area contributed by atoms with Crippen LogP contribution in [0.4, 0.5) is 20.3 Å². The molecule has 1 amide bonds. The van der Waals surface area contributed by atoms with Gasteiger partial charge >= 0.3 is 0 Å². The fourth-order valence-electron chi connectivity index (χ4n) is 5.30. The van der Waals surface area contributed by atoms with Gasteiger partial charge in [-0.05, 0) is 87.6 Å². The zero-order chi connectivity index (χ0) is 28.3. The zero-order valence-electron chi connectivity index (χ0n) is 22.6. The number of nitrogens with zero attached hydrogens (tertiary/aromatic N) is 4. The van der Waals surface area contributed by atoms with Crippen molar-refractivity contribution >= 4 is 40.3 Å². The third-order valence-corrected chi connectivity index (χ3v) is 8.59. The molecule has 4 aromatic rings. The summed E-state index contributed by atoms with van der Waals surface area (Å²) < 4.78 is 33.4. The van der Waals surface area contributed by atoms with Crippen molar-refractivity contribution in [1.29, 1.82) is 0 Å². The van der Waals surface area contributed by atoms with Gasteiger partial charge in [0.2, 0.25) is 5.65 Å². The molecule has 2 aromatic carbocycles. The number of hydrogen-bond acceptors (Lipinski definition) is 8. The minimum Gasteiger partial charge on any atom is -0.381 e. The van der Waals surface area contributed by atoms with E-state index in [0.717, 1.165) is 74.4 Å². The van der Waals surface area contributed by atoms with Crippen molar-refractivity contribution in [3.63, 3.8) is 0 Å². The second kappa shape index (κ2) is 12.1. The van der Waals surface area contributed by atoms with E-state index in [2.05, 4.69) is 48.8 Å². The Morgan fingerprint density at radius 3 is 2.71 bits per heavy atom. The molecular formula is C29H31F2N7O2S. The summed E-state index contributed by atoms with van der Waals surface area (Å²) in [5, 5.41) is 13.8. The van der Waals surface area contributed by atoms with E-state index in [-0.39, 0.29) is 22.7 Å². The van der Waals surface area contributed by atoms with E-state index in [1.807, 2.05) is 12.1 Å². The number of aromatic nitrogens is 4. The molecular weight excluding hydrogens is 548 g/mol. The number of hydrogen-bond donors (Lipinski definition) is 3. The van der Waals surface area contributed by atoms with Crippen LogP contribution in [0.15, 0.2) is 52.5 Å². The van der Waals surface area contributed by atoms with Crippen LogP contribution >= 0.6 is 11.8 Å². The largest absolute Gasteiger partial charge is 0.381 e. The third kappa shape index (κ3) is 6.34. The van der Waals surface area contributed by atoms with E-state index in [0.29, 0.717) is 40.9 Å². The lowest BCUT2D eigenvalue weighted by molar-refractivity contribution is 0.0904. The third-order valence-electron chi connectivity index (χ3n) is 7.65. The molecule has 0 unspecified atom stereocenters. The van der Waals surface area contributed by atoms with Crippen LogP contribution in [0.5, 0.6) is 0 Å². The number of amides is 1. The smallest absolute Gasteiger partial charge is 0.258 e. The number of H-pyrrole nitrogens is 1. The van der Waals surface area contributed by atoms with Gasteiger partial charge in [0.1, 0.15) is 16.7 Å². The van der Waals surface area contributed by atoms with E-state index < -0.39 is 11.6 Å². The van der Waals surface area contributed by atoms with Crippen molar-refractivity contribution in [1.82, 2.24) is 25.1 Å². The number of rotatable bonds is 7. The maximum atomic E-state index is 14.2. The van der Waals surface area contributed by atoms with Crippen molar-refractivity contribution in [3.05, 3.63) is 65.4 Å². The second-order valence-corrected chi connectivity index (χ2v) is 11.6. The molecule has 0 aliphatic carbocycles. The van der Waals surface area contributed by atoms with Gasteiger partial charge in [-0.15, -0.1) is 0 Å². The van der Waals surface area contributed by atoms with Crippen molar-refractivity contribution in [2.45, 2.75) is 47.6 Å². The lowest BCUT2D eigenvalue weighted by Crippen LogP contribution is -2.30. The van der Waals surface area contributed by atoms with Gasteiger partial charge in [-0.2, -0.15) is 5.10 Å². The van der Waals surface area contributed by atoms with Crippen LogP contribution in [0.3, 0.4) is 0 Å². The summed E-state index contributed by atoms with van der Waals surface area (Å²) in [4.78, 5) is 24.8. The molecule has 2 aliphatic rings. The molecule has 0 atom stereocenters. The van der Waals surface area contributed by atoms with Crippen molar-refractivity contribution in [2.75, 3.05) is 44.0 Å². The molecule has 12 heteroatoms. The Balaban J connectivity index is 1.26. The molecule has 2 fully saturated rings. The average molecular weight is 580 g/mol. The Morgan fingerprint density at radius 1 is 1.10 bits per heavy atom. The van der Waals surface area contributed by atoms with Gasteiger partial charge in [0, 0.05) is 24.9 Å². The fourth-order valence-corrected chi connectivity index (χ4v) is 6.10. The Kier molecular flexibility index (Phi) is 8.13. The van der Waals surface area contributed by atoms with Gasteiger partial charge in [0.25, 0.3) is 5.91 Å². The van der Waals surface area contributed by atoms with E-state index in [1.165, 1.54) is 11.8 Å². The zero-order valence-corrected chi connectivity index (χ0v) is 23.4. The van der Waals surface area contributed by atoms with Gasteiger partial charge in [-0.3, -0.25) is 9.89 Å². The minimum atomic E-state index is -0.563. The summed E-state index contributed by atoms with van der Waals surface area (Å²) in [6.07, 6.45) is 5.33. The molecule has 0 bridgehead atoms. The van der Waals surface area contributed by atoms with Gasteiger partial charge in [-0.1, -0.05) is 17.8 Å². The number of aromatic amines is 1. The maximum Gasteiger partial charge on any atom is 0.258 e. The second-order valence-electron chi connectivity index (χ2n) is 10.5. The summed E-state index contributed by atoms with van der Waals surface area (Å²) >= 11 is 0.941. The highest BCUT2D eigenvalue weighted by atomic mass is 32.2. The first-order valence-electron chi connectivity index (χ1n) is 13.7. The predicted molar refractivity (Wildman–Crippen MR) is 153 cm³/mol. The monoisotopic (exact) mass is 579 g/mol. The SMILES string of the molecule is CN1CCC(c2ccc(C(=O)Nc3[nH]nc4ncc(Sc5cc(F)ccc5F)nc34)c(NC3CCOCC3)c2)CC1. The molecule has 41 heavy (non-hydrogen) atoms. The summed E-state index contributed by atoms with van der Waals surface area (Å²) in [6.45, 7) is 3.48. The molecule has 2 aromatic heterocycles. The molecule has 3 N–H and O–H groups in total. The molecule has 0 saturated carbocycles. The number of fused-ring (bicyclic) bond motifs is 1. The fraction of sp³-hybridized carbons (Fsp3) is 0.379. The molecule has 9 nitrogen and oxygen atoms in total. The normalized spacial score (nSPS) is 17.1. The number of halogens is 2. The van der Waals surface area contributed by atoms with Crippen LogP contribution in [0.25, 0.3) is 11.2 Å². The number of carbonyl (C=O) groups is 1. The lowest BCUT2D eigenvalue weighted by atomic mass is 9.88. The van der Waals surface area contributed by atoms with E-state index in [4.69, 9.17) is 4.74 Å². The Bertz CT molecular complexity index is 1550. The van der Waals surface area contributed by atoms with E-state index in [9.17, 15) is 13.6 Å². The number of likely N-dealkylation sites (tertiary alicyclic amines) is 1. The maximum absolute atomic E-state index is 14.2. The first kappa shape index (κ1) is 27.6. The first-order valence-corrected chi connectivity index (χ1v) is 14.6. The van der Waals surface area contributed by atoms with Crippen LogP contribution in [-0.4, -0.2) is 70.4 Å². The Hall–Kier alpha value is -3.61. The van der Waals surface area contributed by atoms with Crippen molar-refractivity contribution < 1.29 is 18.3 Å². The van der Waals surface area contributed by atoms with Crippen LogP contribution in [-0.2, 0) is 4.74 Å². The van der Waals surface area contributed by atoms with Gasteiger partial charge in [0.05, 0.1) is 16.7 Å². The number of benzene rings is 2.